The van der Waals surface area contributed by atoms with Crippen LogP contribution in [0.25, 0.3) is 0 Å². The number of rotatable bonds is 7. The van der Waals surface area contributed by atoms with Gasteiger partial charge in [0.15, 0.2) is 0 Å². The molecule has 0 saturated heterocycles. The summed E-state index contributed by atoms with van der Waals surface area (Å²) >= 11 is 3.39. The van der Waals surface area contributed by atoms with E-state index in [0.29, 0.717) is 12.2 Å². The summed E-state index contributed by atoms with van der Waals surface area (Å²) in [4.78, 5) is 24.3. The molecule has 0 heterocycles. The maximum Gasteiger partial charge on any atom is 0.317 e. The van der Waals surface area contributed by atoms with Crippen LogP contribution in [0.2, 0.25) is 0 Å². The Morgan fingerprint density at radius 3 is 2.52 bits per heavy atom. The van der Waals surface area contributed by atoms with Crippen LogP contribution in [0.5, 0.6) is 0 Å². The highest BCUT2D eigenvalue weighted by atomic mass is 79.9. The summed E-state index contributed by atoms with van der Waals surface area (Å²) in [5, 5.41) is 11.6. The van der Waals surface area contributed by atoms with E-state index in [1.54, 1.807) is 4.90 Å². The van der Waals surface area contributed by atoms with Gasteiger partial charge in [-0.2, -0.15) is 0 Å². The first kappa shape index (κ1) is 19.9. The van der Waals surface area contributed by atoms with Crippen molar-refractivity contribution in [3.63, 3.8) is 0 Å². The summed E-state index contributed by atoms with van der Waals surface area (Å²) in [6.45, 7) is 4.43. The van der Waals surface area contributed by atoms with Gasteiger partial charge in [-0.3, -0.25) is 14.5 Å². The van der Waals surface area contributed by atoms with Crippen LogP contribution in [0, 0.1) is 6.92 Å². The van der Waals surface area contributed by atoms with Crippen molar-refractivity contribution >= 4 is 45.9 Å². The molecule has 0 saturated carbocycles. The van der Waals surface area contributed by atoms with E-state index in [-0.39, 0.29) is 31.4 Å². The van der Waals surface area contributed by atoms with E-state index < -0.39 is 5.97 Å². The van der Waals surface area contributed by atoms with Crippen molar-refractivity contribution in [3.8, 4) is 0 Å². The molecule has 1 amide bonds. The van der Waals surface area contributed by atoms with Gasteiger partial charge in [-0.25, -0.2) is 0 Å². The number of nitrogens with one attached hydrogen (secondary N) is 1. The van der Waals surface area contributed by atoms with Crippen molar-refractivity contribution < 1.29 is 14.7 Å². The lowest BCUT2D eigenvalue weighted by Gasteiger charge is -2.19. The smallest absolute Gasteiger partial charge is 0.317 e. The van der Waals surface area contributed by atoms with E-state index in [9.17, 15) is 9.59 Å². The van der Waals surface area contributed by atoms with Gasteiger partial charge in [0, 0.05) is 4.47 Å². The quantitative estimate of drug-likeness (QED) is 0.764. The summed E-state index contributed by atoms with van der Waals surface area (Å²) in [5.41, 5.74) is 1.78. The Labute approximate surface area is 139 Å². The molecule has 0 aliphatic heterocycles. The normalized spacial score (nSPS) is 10.1. The number of anilines is 1. The number of hydrogen-bond acceptors (Lipinski definition) is 3. The number of carbonyl (C=O) groups is 2. The number of amides is 1. The van der Waals surface area contributed by atoms with E-state index in [2.05, 4.69) is 21.2 Å². The van der Waals surface area contributed by atoms with Gasteiger partial charge in [0.1, 0.15) is 0 Å². The molecule has 0 spiro atoms. The number of hydrogen-bond donors (Lipinski definition) is 2. The molecule has 0 bridgehead atoms. The standard InChI is InChI=1S/C14H19BrN2O3.ClH/c1-3-6-17(9-14(19)20)8-13(18)16-12-5-4-10(2)7-11(12)15;/h4-5,7H,3,6,8-9H2,1-2H3,(H,16,18)(H,19,20);1H. The van der Waals surface area contributed by atoms with E-state index >= 15 is 0 Å². The van der Waals surface area contributed by atoms with E-state index in [0.717, 1.165) is 16.5 Å². The third kappa shape index (κ3) is 7.45. The van der Waals surface area contributed by atoms with Gasteiger partial charge < -0.3 is 10.4 Å². The number of nitrogens with zero attached hydrogens (tertiary/aromatic N) is 1. The van der Waals surface area contributed by atoms with Gasteiger partial charge in [0.25, 0.3) is 0 Å². The van der Waals surface area contributed by atoms with Crippen molar-refractivity contribution in [2.75, 3.05) is 25.0 Å². The average Bonchev–Trinajstić information content (AvgIpc) is 2.32. The molecule has 1 aromatic carbocycles. The zero-order chi connectivity index (χ0) is 15.1. The predicted octanol–water partition coefficient (Wildman–Crippen LogP) is 2.91. The highest BCUT2D eigenvalue weighted by Gasteiger charge is 2.14. The lowest BCUT2D eigenvalue weighted by molar-refractivity contribution is -0.138. The van der Waals surface area contributed by atoms with Crippen LogP contribution in [-0.4, -0.2) is 41.5 Å². The first-order valence-electron chi connectivity index (χ1n) is 6.42. The minimum atomic E-state index is -0.928. The summed E-state index contributed by atoms with van der Waals surface area (Å²) < 4.78 is 0.811. The van der Waals surface area contributed by atoms with Crippen molar-refractivity contribution in [3.05, 3.63) is 28.2 Å². The van der Waals surface area contributed by atoms with Crippen LogP contribution in [0.1, 0.15) is 18.9 Å². The molecular formula is C14H20BrClN2O3. The molecule has 0 aliphatic carbocycles. The van der Waals surface area contributed by atoms with Crippen molar-refractivity contribution in [1.82, 2.24) is 4.90 Å². The summed E-state index contributed by atoms with van der Waals surface area (Å²) in [6.07, 6.45) is 0.800. The van der Waals surface area contributed by atoms with Gasteiger partial charge in [0.05, 0.1) is 18.8 Å². The maximum atomic E-state index is 11.9. The van der Waals surface area contributed by atoms with Crippen LogP contribution in [0.3, 0.4) is 0 Å². The largest absolute Gasteiger partial charge is 0.480 e. The van der Waals surface area contributed by atoms with Gasteiger partial charge >= 0.3 is 5.97 Å². The van der Waals surface area contributed by atoms with Crippen LogP contribution in [0.4, 0.5) is 5.69 Å². The maximum absolute atomic E-state index is 11.9. The Morgan fingerprint density at radius 1 is 1.33 bits per heavy atom. The number of aryl methyl sites for hydroxylation is 1. The molecule has 21 heavy (non-hydrogen) atoms. The molecular weight excluding hydrogens is 360 g/mol. The third-order valence-electron chi connectivity index (χ3n) is 2.66. The molecule has 0 fully saturated rings. The topological polar surface area (TPSA) is 69.6 Å². The number of benzene rings is 1. The van der Waals surface area contributed by atoms with Gasteiger partial charge in [-0.05, 0) is 53.5 Å². The molecule has 5 nitrogen and oxygen atoms in total. The zero-order valence-electron chi connectivity index (χ0n) is 12.1. The number of carbonyl (C=O) groups excluding carboxylic acids is 1. The highest BCUT2D eigenvalue weighted by molar-refractivity contribution is 9.10. The Balaban J connectivity index is 0.00000400. The van der Waals surface area contributed by atoms with Crippen LogP contribution >= 0.6 is 28.3 Å². The molecule has 118 valence electrons. The first-order chi connectivity index (χ1) is 9.42. The SMILES string of the molecule is CCCN(CC(=O)O)CC(=O)Nc1ccc(C)cc1Br.Cl. The zero-order valence-corrected chi connectivity index (χ0v) is 14.5. The van der Waals surface area contributed by atoms with Crippen molar-refractivity contribution in [2.45, 2.75) is 20.3 Å². The van der Waals surface area contributed by atoms with E-state index in [1.165, 1.54) is 0 Å². The molecule has 0 unspecified atom stereocenters. The Hall–Kier alpha value is -1.11. The molecule has 1 rings (SSSR count). The molecule has 0 radical (unpaired) electrons. The number of carboxylic acid groups (broad SMARTS) is 1. The van der Waals surface area contributed by atoms with Crippen LogP contribution < -0.4 is 5.32 Å². The number of aliphatic carboxylic acids is 1. The fraction of sp³-hybridized carbons (Fsp3) is 0.429. The second-order valence-electron chi connectivity index (χ2n) is 4.64. The lowest BCUT2D eigenvalue weighted by Crippen LogP contribution is -2.37. The Kier molecular flexibility index (Phi) is 9.24. The first-order valence-corrected chi connectivity index (χ1v) is 7.21. The molecule has 0 atom stereocenters. The predicted molar refractivity (Wildman–Crippen MR) is 89.1 cm³/mol. The summed E-state index contributed by atoms with van der Waals surface area (Å²) in [7, 11) is 0. The molecule has 2 N–H and O–H groups in total. The molecule has 0 aromatic heterocycles. The Bertz CT molecular complexity index is 497. The van der Waals surface area contributed by atoms with Crippen LogP contribution in [0.15, 0.2) is 22.7 Å². The molecule has 0 aliphatic rings. The fourth-order valence-electron chi connectivity index (χ4n) is 1.84. The second-order valence-corrected chi connectivity index (χ2v) is 5.49. The van der Waals surface area contributed by atoms with Gasteiger partial charge in [0.2, 0.25) is 5.91 Å². The average molecular weight is 380 g/mol. The van der Waals surface area contributed by atoms with E-state index in [1.807, 2.05) is 32.0 Å². The minimum Gasteiger partial charge on any atom is -0.480 e. The van der Waals surface area contributed by atoms with Crippen molar-refractivity contribution in [1.29, 1.82) is 0 Å². The summed E-state index contributed by atoms with van der Waals surface area (Å²) in [6, 6.07) is 5.64. The number of carboxylic acids is 1. The minimum absolute atomic E-state index is 0. The van der Waals surface area contributed by atoms with E-state index in [4.69, 9.17) is 5.11 Å². The third-order valence-corrected chi connectivity index (χ3v) is 3.32. The lowest BCUT2D eigenvalue weighted by atomic mass is 10.2. The molecule has 1 aromatic rings. The number of halogens is 2. The Morgan fingerprint density at radius 2 is 2.00 bits per heavy atom. The molecule has 7 heteroatoms. The highest BCUT2D eigenvalue weighted by Crippen LogP contribution is 2.23. The van der Waals surface area contributed by atoms with Gasteiger partial charge in [-0.1, -0.05) is 13.0 Å². The second kappa shape index (κ2) is 9.76. The summed E-state index contributed by atoms with van der Waals surface area (Å²) in [5.74, 6) is -1.15. The fourth-order valence-corrected chi connectivity index (χ4v) is 2.43. The van der Waals surface area contributed by atoms with Crippen molar-refractivity contribution in [2.24, 2.45) is 0 Å². The monoisotopic (exact) mass is 378 g/mol. The van der Waals surface area contributed by atoms with Crippen LogP contribution in [-0.2, 0) is 9.59 Å². The van der Waals surface area contributed by atoms with Gasteiger partial charge in [-0.15, -0.1) is 12.4 Å².